The van der Waals surface area contributed by atoms with Crippen LogP contribution in [0.15, 0.2) is 24.3 Å². The van der Waals surface area contributed by atoms with Crippen LogP contribution in [0.3, 0.4) is 0 Å². The van der Waals surface area contributed by atoms with E-state index >= 15 is 0 Å². The fraction of sp³-hybridized carbons (Fsp3) is 0.571. The quantitative estimate of drug-likeness (QED) is 0.777. The van der Waals surface area contributed by atoms with E-state index in [1.807, 2.05) is 0 Å². The molecule has 1 nitrogen and oxygen atoms in total. The topological polar surface area (TPSA) is 12.0 Å². The van der Waals surface area contributed by atoms with E-state index in [0.29, 0.717) is 11.8 Å². The van der Waals surface area contributed by atoms with Gasteiger partial charge in [0.05, 0.1) is 0 Å². The van der Waals surface area contributed by atoms with Gasteiger partial charge in [-0.15, -0.1) is 0 Å². The van der Waals surface area contributed by atoms with E-state index in [2.05, 4.69) is 57.3 Å². The molecule has 1 heteroatoms. The maximum absolute atomic E-state index is 3.44. The Morgan fingerprint density at radius 1 is 1.13 bits per heavy atom. The molecule has 15 heavy (non-hydrogen) atoms. The molecule has 0 aliphatic carbocycles. The molecule has 1 aromatic carbocycles. The summed E-state index contributed by atoms with van der Waals surface area (Å²) in [5.74, 6) is 1.32. The summed E-state index contributed by atoms with van der Waals surface area (Å²) in [6.07, 6.45) is 0. The van der Waals surface area contributed by atoms with Crippen molar-refractivity contribution in [3.63, 3.8) is 0 Å². The van der Waals surface area contributed by atoms with Crippen LogP contribution in [0.5, 0.6) is 0 Å². The molecule has 0 aromatic heterocycles. The number of benzene rings is 1. The van der Waals surface area contributed by atoms with Gasteiger partial charge in [-0.2, -0.15) is 0 Å². The van der Waals surface area contributed by atoms with Crippen molar-refractivity contribution in [2.45, 2.75) is 33.6 Å². The highest BCUT2D eigenvalue weighted by atomic mass is 14.8. The standard InChI is InChI=1S/C14H23N/c1-5-15-10-14(11(2)3)13-8-6-12(4)7-9-13/h6-9,11,14-15H,5,10H2,1-4H3. The highest BCUT2D eigenvalue weighted by Crippen LogP contribution is 2.23. The number of nitrogens with one attached hydrogen (secondary N) is 1. The van der Waals surface area contributed by atoms with Gasteiger partial charge in [0, 0.05) is 6.54 Å². The Hall–Kier alpha value is -0.820. The van der Waals surface area contributed by atoms with Crippen LogP contribution in [-0.4, -0.2) is 13.1 Å². The first-order valence-electron chi connectivity index (χ1n) is 5.92. The number of likely N-dealkylation sites (N-methyl/N-ethyl adjacent to an activating group) is 1. The average Bonchev–Trinajstić information content (AvgIpc) is 2.21. The summed E-state index contributed by atoms with van der Waals surface area (Å²) in [6.45, 7) is 11.0. The SMILES string of the molecule is CCNCC(c1ccc(C)cc1)C(C)C. The third kappa shape index (κ3) is 3.67. The minimum atomic E-state index is 0.630. The smallest absolute Gasteiger partial charge is 0.00225 e. The molecule has 1 N–H and O–H groups in total. The Morgan fingerprint density at radius 3 is 2.20 bits per heavy atom. The van der Waals surface area contributed by atoms with Crippen molar-refractivity contribution in [1.82, 2.24) is 5.32 Å². The Kier molecular flexibility index (Phi) is 4.83. The summed E-state index contributed by atoms with van der Waals surface area (Å²) in [5.41, 5.74) is 2.79. The predicted molar refractivity (Wildman–Crippen MR) is 67.3 cm³/mol. The molecule has 84 valence electrons. The lowest BCUT2D eigenvalue weighted by atomic mass is 9.88. The first kappa shape index (κ1) is 12.3. The lowest BCUT2D eigenvalue weighted by molar-refractivity contribution is 0.467. The lowest BCUT2D eigenvalue weighted by Gasteiger charge is -2.21. The average molecular weight is 205 g/mol. The summed E-state index contributed by atoms with van der Waals surface area (Å²) < 4.78 is 0. The van der Waals surface area contributed by atoms with Crippen LogP contribution in [0.1, 0.15) is 37.8 Å². The number of hydrogen-bond donors (Lipinski definition) is 1. The van der Waals surface area contributed by atoms with Crippen LogP contribution in [0.2, 0.25) is 0 Å². The van der Waals surface area contributed by atoms with Crippen molar-refractivity contribution < 1.29 is 0 Å². The van der Waals surface area contributed by atoms with E-state index in [0.717, 1.165) is 13.1 Å². The van der Waals surface area contributed by atoms with Gasteiger partial charge in [0.15, 0.2) is 0 Å². The molecule has 0 heterocycles. The third-order valence-electron chi connectivity index (χ3n) is 2.92. The zero-order chi connectivity index (χ0) is 11.3. The zero-order valence-electron chi connectivity index (χ0n) is 10.4. The maximum atomic E-state index is 3.44. The van der Waals surface area contributed by atoms with Crippen LogP contribution < -0.4 is 5.32 Å². The van der Waals surface area contributed by atoms with Gasteiger partial charge in [0.2, 0.25) is 0 Å². The lowest BCUT2D eigenvalue weighted by Crippen LogP contribution is -2.24. The van der Waals surface area contributed by atoms with E-state index in [1.165, 1.54) is 11.1 Å². The largest absolute Gasteiger partial charge is 0.316 e. The van der Waals surface area contributed by atoms with E-state index in [1.54, 1.807) is 0 Å². The van der Waals surface area contributed by atoms with Crippen molar-refractivity contribution in [1.29, 1.82) is 0 Å². The first-order valence-corrected chi connectivity index (χ1v) is 5.92. The van der Waals surface area contributed by atoms with Gasteiger partial charge in [0.25, 0.3) is 0 Å². The monoisotopic (exact) mass is 205 g/mol. The summed E-state index contributed by atoms with van der Waals surface area (Å²) in [4.78, 5) is 0. The van der Waals surface area contributed by atoms with Crippen molar-refractivity contribution >= 4 is 0 Å². The van der Waals surface area contributed by atoms with Gasteiger partial charge in [0.1, 0.15) is 0 Å². The van der Waals surface area contributed by atoms with Crippen molar-refractivity contribution in [2.75, 3.05) is 13.1 Å². The molecule has 0 aliphatic rings. The van der Waals surface area contributed by atoms with Crippen LogP contribution in [-0.2, 0) is 0 Å². The molecule has 1 unspecified atom stereocenters. The van der Waals surface area contributed by atoms with Crippen LogP contribution in [0.25, 0.3) is 0 Å². The Bertz CT molecular complexity index is 274. The second-order valence-corrected chi connectivity index (χ2v) is 4.57. The van der Waals surface area contributed by atoms with Crippen LogP contribution in [0.4, 0.5) is 0 Å². The van der Waals surface area contributed by atoms with Crippen molar-refractivity contribution in [3.8, 4) is 0 Å². The number of hydrogen-bond acceptors (Lipinski definition) is 1. The van der Waals surface area contributed by atoms with Gasteiger partial charge in [-0.1, -0.05) is 50.6 Å². The molecule has 0 saturated carbocycles. The molecule has 1 atom stereocenters. The molecule has 0 fully saturated rings. The van der Waals surface area contributed by atoms with Crippen molar-refractivity contribution in [3.05, 3.63) is 35.4 Å². The summed E-state index contributed by atoms with van der Waals surface area (Å²) >= 11 is 0. The fourth-order valence-electron chi connectivity index (χ4n) is 1.85. The van der Waals surface area contributed by atoms with Gasteiger partial charge in [-0.05, 0) is 30.9 Å². The molecular formula is C14H23N. The predicted octanol–water partition coefficient (Wildman–Crippen LogP) is 3.34. The Morgan fingerprint density at radius 2 is 1.73 bits per heavy atom. The number of aryl methyl sites for hydroxylation is 1. The molecule has 0 amide bonds. The summed E-state index contributed by atoms with van der Waals surface area (Å²) in [6, 6.07) is 8.93. The van der Waals surface area contributed by atoms with Gasteiger partial charge < -0.3 is 5.32 Å². The Labute approximate surface area is 93.9 Å². The highest BCUT2D eigenvalue weighted by molar-refractivity contribution is 5.25. The first-order chi connectivity index (χ1) is 7.15. The molecule has 0 aliphatic heterocycles. The molecule has 1 rings (SSSR count). The molecule has 0 bridgehead atoms. The second-order valence-electron chi connectivity index (χ2n) is 4.57. The van der Waals surface area contributed by atoms with Gasteiger partial charge in [-0.25, -0.2) is 0 Å². The zero-order valence-corrected chi connectivity index (χ0v) is 10.4. The second kappa shape index (κ2) is 5.92. The van der Waals surface area contributed by atoms with E-state index in [-0.39, 0.29) is 0 Å². The normalized spacial score (nSPS) is 13.1. The van der Waals surface area contributed by atoms with Gasteiger partial charge in [-0.3, -0.25) is 0 Å². The summed E-state index contributed by atoms with van der Waals surface area (Å²) in [5, 5.41) is 3.44. The third-order valence-corrected chi connectivity index (χ3v) is 2.92. The van der Waals surface area contributed by atoms with Gasteiger partial charge >= 0.3 is 0 Å². The van der Waals surface area contributed by atoms with Crippen molar-refractivity contribution in [2.24, 2.45) is 5.92 Å². The minimum absolute atomic E-state index is 0.630. The molecule has 0 spiro atoms. The molecule has 1 aromatic rings. The summed E-state index contributed by atoms with van der Waals surface area (Å²) in [7, 11) is 0. The van der Waals surface area contributed by atoms with E-state index < -0.39 is 0 Å². The van der Waals surface area contributed by atoms with Crippen LogP contribution in [0, 0.1) is 12.8 Å². The minimum Gasteiger partial charge on any atom is -0.316 e. The maximum Gasteiger partial charge on any atom is 0.00225 e. The molecule has 0 saturated heterocycles. The van der Waals surface area contributed by atoms with Crippen LogP contribution >= 0.6 is 0 Å². The molecular weight excluding hydrogens is 182 g/mol. The van der Waals surface area contributed by atoms with E-state index in [4.69, 9.17) is 0 Å². The Balaban J connectivity index is 2.74. The fourth-order valence-corrected chi connectivity index (χ4v) is 1.85. The van der Waals surface area contributed by atoms with E-state index in [9.17, 15) is 0 Å². The highest BCUT2D eigenvalue weighted by Gasteiger charge is 2.14. The molecule has 0 radical (unpaired) electrons. The number of rotatable bonds is 5.